The van der Waals surface area contributed by atoms with Gasteiger partial charge in [-0.3, -0.25) is 9.59 Å². The molecule has 3 N–H and O–H groups in total. The van der Waals surface area contributed by atoms with Crippen LogP contribution in [0.3, 0.4) is 0 Å². The summed E-state index contributed by atoms with van der Waals surface area (Å²) in [5.74, 6) is -0.226. The van der Waals surface area contributed by atoms with Crippen LogP contribution in [0.1, 0.15) is 69.7 Å². The zero-order valence-corrected chi connectivity index (χ0v) is 19.3. The molecule has 174 valence electrons. The second kappa shape index (κ2) is 7.92. The monoisotopic (exact) mass is 464 g/mol. The molecule has 9 heteroatoms. The molecule has 0 aromatic heterocycles. The third kappa shape index (κ3) is 4.43. The minimum Gasteiger partial charge on any atom is -0.479 e. The number of Topliss-reactive ketones (excluding diaryl/α,β-unsaturated/α-hetero) is 1. The van der Waals surface area contributed by atoms with Gasteiger partial charge in [0.2, 0.25) is 0 Å². The molecule has 5 rings (SSSR count). The molecule has 3 fully saturated rings. The Kier molecular flexibility index (Phi) is 5.66. The fraction of sp³-hybridized carbons (Fsp3) is 0.609. The number of nitrogens with one attached hydrogen (secondary N) is 2. The predicted molar refractivity (Wildman–Crippen MR) is 117 cm³/mol. The van der Waals surface area contributed by atoms with Gasteiger partial charge in [-0.05, 0) is 71.1 Å². The lowest BCUT2D eigenvalue weighted by Crippen LogP contribution is -2.71. The van der Waals surface area contributed by atoms with Crippen LogP contribution in [-0.4, -0.2) is 51.8 Å². The number of aliphatic hydroxyl groups excluding tert-OH is 1. The number of ether oxygens (including phenoxy) is 2. The Labute approximate surface area is 192 Å². The van der Waals surface area contributed by atoms with Crippen LogP contribution in [0, 0.1) is 0 Å². The number of fused-ring (bicyclic) bond motifs is 4. The summed E-state index contributed by atoms with van der Waals surface area (Å²) in [6.07, 6.45) is 0.146. The second-order valence-corrected chi connectivity index (χ2v) is 10.6. The van der Waals surface area contributed by atoms with E-state index in [4.69, 9.17) is 21.1 Å². The molecular weight excluding hydrogens is 436 g/mol. The van der Waals surface area contributed by atoms with E-state index in [0.29, 0.717) is 48.4 Å². The quantitative estimate of drug-likeness (QED) is 0.633. The van der Waals surface area contributed by atoms with Crippen LogP contribution in [0.5, 0.6) is 5.75 Å². The van der Waals surface area contributed by atoms with Gasteiger partial charge in [0, 0.05) is 10.6 Å². The molecule has 2 atom stereocenters. The summed E-state index contributed by atoms with van der Waals surface area (Å²) in [4.78, 5) is 37.8. The van der Waals surface area contributed by atoms with Crippen molar-refractivity contribution in [2.45, 2.75) is 88.2 Å². The third-order valence-electron chi connectivity index (χ3n) is 6.63. The lowest BCUT2D eigenvalue weighted by Gasteiger charge is -2.56. The number of aliphatic hydroxyl groups is 1. The van der Waals surface area contributed by atoms with Crippen LogP contribution in [0.4, 0.5) is 4.79 Å². The Morgan fingerprint density at radius 1 is 1.19 bits per heavy atom. The van der Waals surface area contributed by atoms with Crippen LogP contribution >= 0.6 is 11.6 Å². The predicted octanol–water partition coefficient (Wildman–Crippen LogP) is 3.13. The largest absolute Gasteiger partial charge is 0.479 e. The molecule has 2 amide bonds. The summed E-state index contributed by atoms with van der Waals surface area (Å²) in [5.41, 5.74) is -1.61. The molecule has 8 nitrogen and oxygen atoms in total. The maximum absolute atomic E-state index is 13.0. The zero-order valence-electron chi connectivity index (χ0n) is 18.5. The molecule has 1 aromatic rings. The number of halogens is 1. The van der Waals surface area contributed by atoms with Crippen LogP contribution in [-0.2, 0) is 9.53 Å². The zero-order chi connectivity index (χ0) is 23.3. The first-order valence-corrected chi connectivity index (χ1v) is 11.3. The summed E-state index contributed by atoms with van der Waals surface area (Å²) in [5, 5.41) is 17.2. The molecule has 32 heavy (non-hydrogen) atoms. The van der Waals surface area contributed by atoms with Gasteiger partial charge in [-0.1, -0.05) is 11.6 Å². The van der Waals surface area contributed by atoms with Gasteiger partial charge in [0.15, 0.2) is 11.9 Å². The number of alkyl carbamates (subject to hydrolysis) is 1. The van der Waals surface area contributed by atoms with Crippen LogP contribution in [0.2, 0.25) is 5.02 Å². The van der Waals surface area contributed by atoms with Crippen molar-refractivity contribution < 1.29 is 29.0 Å². The molecule has 3 saturated carbocycles. The molecule has 0 saturated heterocycles. The first-order valence-electron chi connectivity index (χ1n) is 10.9. The molecule has 1 heterocycles. The van der Waals surface area contributed by atoms with E-state index >= 15 is 0 Å². The number of benzene rings is 1. The molecule has 1 aliphatic heterocycles. The summed E-state index contributed by atoms with van der Waals surface area (Å²) in [7, 11) is 0. The molecular formula is C23H29ClN2O6. The number of amides is 2. The smallest absolute Gasteiger partial charge is 0.408 e. The molecule has 4 aliphatic rings. The average Bonchev–Trinajstić information content (AvgIpc) is 2.68. The first-order chi connectivity index (χ1) is 14.9. The van der Waals surface area contributed by atoms with E-state index in [2.05, 4.69) is 10.6 Å². The Morgan fingerprint density at radius 3 is 2.50 bits per heavy atom. The molecule has 0 radical (unpaired) electrons. The van der Waals surface area contributed by atoms with Crippen LogP contribution in [0.25, 0.3) is 0 Å². The van der Waals surface area contributed by atoms with E-state index in [0.717, 1.165) is 0 Å². The Hall–Kier alpha value is -2.32. The maximum atomic E-state index is 13.0. The first kappa shape index (κ1) is 22.9. The lowest BCUT2D eigenvalue weighted by atomic mass is 9.60. The van der Waals surface area contributed by atoms with Crippen LogP contribution in [0.15, 0.2) is 18.2 Å². The third-order valence-corrected chi connectivity index (χ3v) is 6.87. The minimum atomic E-state index is -0.934. The Bertz CT molecular complexity index is 948. The molecule has 2 bridgehead atoms. The van der Waals surface area contributed by atoms with Crippen molar-refractivity contribution in [3.05, 3.63) is 28.8 Å². The van der Waals surface area contributed by atoms with Gasteiger partial charge in [0.25, 0.3) is 5.91 Å². The van der Waals surface area contributed by atoms with Gasteiger partial charge in [0.1, 0.15) is 11.4 Å². The highest BCUT2D eigenvalue weighted by Crippen LogP contribution is 2.47. The lowest BCUT2D eigenvalue weighted by molar-refractivity contribution is -0.134. The summed E-state index contributed by atoms with van der Waals surface area (Å²) in [6.45, 7) is 5.36. The maximum Gasteiger partial charge on any atom is 0.408 e. The highest BCUT2D eigenvalue weighted by molar-refractivity contribution is 6.31. The van der Waals surface area contributed by atoms with Gasteiger partial charge in [-0.2, -0.15) is 0 Å². The highest BCUT2D eigenvalue weighted by atomic mass is 35.5. The fourth-order valence-electron chi connectivity index (χ4n) is 4.95. The Morgan fingerprint density at radius 2 is 1.88 bits per heavy atom. The van der Waals surface area contributed by atoms with E-state index in [9.17, 15) is 19.5 Å². The highest BCUT2D eigenvalue weighted by Gasteiger charge is 2.56. The van der Waals surface area contributed by atoms with Crippen molar-refractivity contribution in [3.63, 3.8) is 0 Å². The SMILES string of the molecule is CC(C)(C)OC(=O)NC12CCC(NC(=O)[C@@H]3CC(=O)c4cc(Cl)ccc4O3)(CC1)C[C@@H]2O. The Balaban J connectivity index is 1.40. The summed E-state index contributed by atoms with van der Waals surface area (Å²) < 4.78 is 11.1. The topological polar surface area (TPSA) is 114 Å². The molecule has 0 unspecified atom stereocenters. The van der Waals surface area contributed by atoms with Gasteiger partial charge in [0.05, 0.1) is 23.6 Å². The molecule has 3 aliphatic carbocycles. The van der Waals surface area contributed by atoms with E-state index in [1.54, 1.807) is 39.0 Å². The normalized spacial score (nSPS) is 31.3. The number of rotatable bonds is 3. The van der Waals surface area contributed by atoms with E-state index in [1.807, 2.05) is 0 Å². The fourth-order valence-corrected chi connectivity index (χ4v) is 5.13. The van der Waals surface area contributed by atoms with Crippen molar-refractivity contribution in [2.75, 3.05) is 0 Å². The van der Waals surface area contributed by atoms with Crippen molar-refractivity contribution in [1.29, 1.82) is 0 Å². The summed E-state index contributed by atoms with van der Waals surface area (Å²) in [6, 6.07) is 4.75. The summed E-state index contributed by atoms with van der Waals surface area (Å²) >= 11 is 5.95. The van der Waals surface area contributed by atoms with E-state index in [-0.39, 0.29) is 18.1 Å². The van der Waals surface area contributed by atoms with E-state index in [1.165, 1.54) is 0 Å². The van der Waals surface area contributed by atoms with Gasteiger partial charge in [-0.15, -0.1) is 0 Å². The standard InChI is InChI=1S/C23H29ClN2O6/c1-21(2,3)32-20(30)26-23-8-6-22(7-9-23,12-18(23)28)25-19(29)17-11-15(27)14-10-13(24)4-5-16(14)31-17/h4-5,10,17-18,28H,6-9,11-12H2,1-3H3,(H,25,29)(H,26,30)/t17-,18-,22?,23?/m0/s1. The molecule has 1 aromatic carbocycles. The van der Waals surface area contributed by atoms with Gasteiger partial charge < -0.3 is 25.2 Å². The number of carbonyl (C=O) groups excluding carboxylic acids is 3. The van der Waals surface area contributed by atoms with Crippen molar-refractivity contribution >= 4 is 29.4 Å². The number of carbonyl (C=O) groups is 3. The van der Waals surface area contributed by atoms with Crippen molar-refractivity contribution in [1.82, 2.24) is 10.6 Å². The van der Waals surface area contributed by atoms with E-state index < -0.39 is 35.0 Å². The number of hydrogen-bond acceptors (Lipinski definition) is 6. The average molecular weight is 465 g/mol. The van der Waals surface area contributed by atoms with Crippen molar-refractivity contribution in [3.8, 4) is 5.75 Å². The number of hydrogen-bond donors (Lipinski definition) is 3. The van der Waals surface area contributed by atoms with Crippen LogP contribution < -0.4 is 15.4 Å². The minimum absolute atomic E-state index is 0.0675. The number of ketones is 1. The van der Waals surface area contributed by atoms with Gasteiger partial charge in [-0.25, -0.2) is 4.79 Å². The van der Waals surface area contributed by atoms with Gasteiger partial charge >= 0.3 is 6.09 Å². The van der Waals surface area contributed by atoms with Crippen molar-refractivity contribution in [2.24, 2.45) is 0 Å². The molecule has 0 spiro atoms. The second-order valence-electron chi connectivity index (χ2n) is 10.1.